The molecule has 0 aromatic carbocycles. The fraction of sp³-hybridized carbons (Fsp3) is 0.467. The van der Waals surface area contributed by atoms with Gasteiger partial charge < -0.3 is 23.9 Å². The van der Waals surface area contributed by atoms with Crippen LogP contribution in [0.25, 0.3) is 11.2 Å². The molecule has 2 aromatic heterocycles. The highest BCUT2D eigenvalue weighted by molar-refractivity contribution is 5.82. The molecule has 0 amide bonds. The summed E-state index contributed by atoms with van der Waals surface area (Å²) in [6.07, 6.45) is -2.93. The van der Waals surface area contributed by atoms with Gasteiger partial charge in [-0.25, -0.2) is 14.8 Å². The molecular formula is C15H14N4O8. The molecule has 2 fully saturated rings. The van der Waals surface area contributed by atoms with E-state index in [-0.39, 0.29) is 11.2 Å². The van der Waals surface area contributed by atoms with Gasteiger partial charge >= 0.3 is 17.9 Å². The second-order valence-electron chi connectivity index (χ2n) is 6.05. The van der Waals surface area contributed by atoms with Crippen molar-refractivity contribution in [3.05, 3.63) is 23.0 Å². The number of nitrogens with one attached hydrogen (secondary N) is 1. The zero-order chi connectivity index (χ0) is 19.3. The van der Waals surface area contributed by atoms with E-state index in [2.05, 4.69) is 15.0 Å². The lowest BCUT2D eigenvalue weighted by Crippen LogP contribution is -2.36. The lowest BCUT2D eigenvalue weighted by atomic mass is 10.1. The fourth-order valence-corrected chi connectivity index (χ4v) is 3.29. The summed E-state index contributed by atoms with van der Waals surface area (Å²) in [5, 5.41) is 0. The minimum atomic E-state index is -1.30. The van der Waals surface area contributed by atoms with Crippen LogP contribution >= 0.6 is 0 Å². The van der Waals surface area contributed by atoms with Crippen molar-refractivity contribution in [3.63, 3.8) is 0 Å². The van der Waals surface area contributed by atoms with Crippen LogP contribution < -0.4 is 5.56 Å². The van der Waals surface area contributed by atoms with Crippen molar-refractivity contribution in [1.29, 1.82) is 0 Å². The van der Waals surface area contributed by atoms with E-state index in [0.717, 1.165) is 6.92 Å². The Balaban J connectivity index is 1.76. The zero-order valence-electron chi connectivity index (χ0n) is 14.1. The average molecular weight is 378 g/mol. The van der Waals surface area contributed by atoms with E-state index in [1.807, 2.05) is 0 Å². The summed E-state index contributed by atoms with van der Waals surface area (Å²) in [5.74, 6) is -2.13. The Bertz CT molecular complexity index is 997. The van der Waals surface area contributed by atoms with Crippen molar-refractivity contribution in [2.45, 2.75) is 44.5 Å². The number of imidazole rings is 1. The van der Waals surface area contributed by atoms with Crippen LogP contribution in [0.2, 0.25) is 0 Å². The maximum absolute atomic E-state index is 12.2. The van der Waals surface area contributed by atoms with Crippen LogP contribution in [0.1, 0.15) is 20.1 Å². The Kier molecular flexibility index (Phi) is 3.91. The first-order chi connectivity index (χ1) is 12.9. The summed E-state index contributed by atoms with van der Waals surface area (Å²) in [5.41, 5.74) is -0.224. The Morgan fingerprint density at radius 2 is 1.89 bits per heavy atom. The van der Waals surface area contributed by atoms with Crippen molar-refractivity contribution in [2.24, 2.45) is 0 Å². The number of hydrogen-bond acceptors (Lipinski definition) is 10. The van der Waals surface area contributed by atoms with Crippen LogP contribution in [0.4, 0.5) is 0 Å². The SMILES string of the molecule is CC(=O)O[C@@H]1[C@H]2OC(=O)[C@@H](OC(C)=O)[C@@H]2O[C@@H]1n1cnc2nc[nH]c(=O)c21. The highest BCUT2D eigenvalue weighted by Crippen LogP contribution is 2.40. The van der Waals surface area contributed by atoms with Gasteiger partial charge in [0.25, 0.3) is 5.56 Å². The molecule has 0 unspecified atom stereocenters. The smallest absolute Gasteiger partial charge is 0.350 e. The van der Waals surface area contributed by atoms with Crippen molar-refractivity contribution < 1.29 is 33.3 Å². The van der Waals surface area contributed by atoms with Gasteiger partial charge in [0.05, 0.1) is 6.33 Å². The van der Waals surface area contributed by atoms with Gasteiger partial charge in [0, 0.05) is 13.8 Å². The van der Waals surface area contributed by atoms with Gasteiger partial charge in [-0.1, -0.05) is 0 Å². The maximum Gasteiger partial charge on any atom is 0.350 e. The van der Waals surface area contributed by atoms with E-state index in [4.69, 9.17) is 18.9 Å². The summed E-state index contributed by atoms with van der Waals surface area (Å²) >= 11 is 0. The molecule has 2 aromatic rings. The molecule has 12 heteroatoms. The molecule has 142 valence electrons. The largest absolute Gasteiger partial charge is 0.454 e. The van der Waals surface area contributed by atoms with Gasteiger partial charge in [-0.15, -0.1) is 0 Å². The highest BCUT2D eigenvalue weighted by Gasteiger charge is 2.61. The first-order valence-corrected chi connectivity index (χ1v) is 7.97. The van der Waals surface area contributed by atoms with Crippen LogP contribution in [0, 0.1) is 0 Å². The van der Waals surface area contributed by atoms with Gasteiger partial charge in [0.2, 0.25) is 6.10 Å². The minimum absolute atomic E-state index is 0.0926. The van der Waals surface area contributed by atoms with Gasteiger partial charge in [0.15, 0.2) is 29.6 Å². The van der Waals surface area contributed by atoms with Crippen LogP contribution in [0.3, 0.4) is 0 Å². The number of esters is 3. The Hall–Kier alpha value is -3.28. The fourth-order valence-electron chi connectivity index (χ4n) is 3.29. The molecular weight excluding hydrogens is 364 g/mol. The number of fused-ring (bicyclic) bond motifs is 2. The monoisotopic (exact) mass is 378 g/mol. The summed E-state index contributed by atoms with van der Waals surface area (Å²) in [7, 11) is 0. The van der Waals surface area contributed by atoms with Crippen molar-refractivity contribution in [1.82, 2.24) is 19.5 Å². The first-order valence-electron chi connectivity index (χ1n) is 7.97. The molecule has 2 aliphatic rings. The second kappa shape index (κ2) is 6.16. The predicted molar refractivity (Wildman–Crippen MR) is 83.0 cm³/mol. The third-order valence-corrected chi connectivity index (χ3v) is 4.25. The number of carbonyl (C=O) groups excluding carboxylic acids is 3. The van der Waals surface area contributed by atoms with E-state index < -0.39 is 54.1 Å². The Morgan fingerprint density at radius 3 is 2.59 bits per heavy atom. The van der Waals surface area contributed by atoms with E-state index in [0.29, 0.717) is 0 Å². The average Bonchev–Trinajstić information content (AvgIpc) is 3.23. The van der Waals surface area contributed by atoms with Gasteiger partial charge in [-0.05, 0) is 0 Å². The maximum atomic E-state index is 12.2. The standard InChI is InChI=1S/C15H14N4O8/c1-5(20)24-10-8-9(11(15(23)27-8)25-6(2)21)26-14(10)19-4-18-12-7(19)13(22)17-3-16-12/h3-4,8-11,14H,1-2H3,(H,16,17,22)/t8-,9+,10+,11-,14-/m0/s1. The van der Waals surface area contributed by atoms with E-state index in [1.165, 1.54) is 24.1 Å². The number of ether oxygens (including phenoxy) is 4. The number of aromatic nitrogens is 4. The van der Waals surface area contributed by atoms with Gasteiger partial charge in [-0.2, -0.15) is 0 Å². The zero-order valence-corrected chi connectivity index (χ0v) is 14.1. The molecule has 4 rings (SSSR count). The van der Waals surface area contributed by atoms with Gasteiger partial charge in [-0.3, -0.25) is 19.0 Å². The molecule has 0 saturated carbocycles. The van der Waals surface area contributed by atoms with E-state index >= 15 is 0 Å². The second-order valence-corrected chi connectivity index (χ2v) is 6.05. The van der Waals surface area contributed by atoms with E-state index in [1.54, 1.807) is 0 Å². The molecule has 0 bridgehead atoms. The normalized spacial score (nSPS) is 29.4. The highest BCUT2D eigenvalue weighted by atomic mass is 16.7. The lowest BCUT2D eigenvalue weighted by molar-refractivity contribution is -0.174. The van der Waals surface area contributed by atoms with Crippen molar-refractivity contribution >= 4 is 29.1 Å². The number of hydrogen-bond donors (Lipinski definition) is 1. The molecule has 4 heterocycles. The molecule has 1 N–H and O–H groups in total. The first kappa shape index (κ1) is 17.1. The Labute approximate surface area is 150 Å². The van der Waals surface area contributed by atoms with Crippen LogP contribution in [0.15, 0.2) is 17.4 Å². The topological polar surface area (TPSA) is 152 Å². The molecule has 27 heavy (non-hydrogen) atoms. The molecule has 0 radical (unpaired) electrons. The third-order valence-electron chi connectivity index (χ3n) is 4.25. The molecule has 2 aliphatic heterocycles. The third kappa shape index (κ3) is 2.73. The van der Waals surface area contributed by atoms with Crippen molar-refractivity contribution in [3.8, 4) is 0 Å². The number of rotatable bonds is 3. The number of H-pyrrole nitrogens is 1. The molecule has 12 nitrogen and oxygen atoms in total. The van der Waals surface area contributed by atoms with Crippen LogP contribution in [0.5, 0.6) is 0 Å². The van der Waals surface area contributed by atoms with Crippen LogP contribution in [-0.2, 0) is 33.3 Å². The number of aromatic amines is 1. The summed E-state index contributed by atoms with van der Waals surface area (Å²) in [6, 6.07) is 0. The summed E-state index contributed by atoms with van der Waals surface area (Å²) < 4.78 is 22.7. The number of nitrogens with zero attached hydrogens (tertiary/aromatic N) is 3. The molecule has 0 spiro atoms. The molecule has 0 aliphatic carbocycles. The lowest BCUT2D eigenvalue weighted by Gasteiger charge is -2.22. The van der Waals surface area contributed by atoms with Crippen molar-refractivity contribution in [2.75, 3.05) is 0 Å². The summed E-state index contributed by atoms with van der Waals surface area (Å²) in [6.45, 7) is 2.33. The van der Waals surface area contributed by atoms with Crippen LogP contribution in [-0.4, -0.2) is 61.8 Å². The quantitative estimate of drug-likeness (QED) is 0.509. The van der Waals surface area contributed by atoms with Gasteiger partial charge in [0.1, 0.15) is 12.4 Å². The molecule has 2 saturated heterocycles. The minimum Gasteiger partial charge on any atom is -0.454 e. The Morgan fingerprint density at radius 1 is 1.15 bits per heavy atom. The summed E-state index contributed by atoms with van der Waals surface area (Å²) in [4.78, 5) is 57.5. The predicted octanol–water partition coefficient (Wildman–Crippen LogP) is -1.19. The number of carbonyl (C=O) groups is 3. The molecule has 5 atom stereocenters. The van der Waals surface area contributed by atoms with E-state index in [9.17, 15) is 19.2 Å².